The number of rotatable bonds is 5. The Labute approximate surface area is 118 Å². The highest BCUT2D eigenvalue weighted by Gasteiger charge is 2.39. The number of aliphatic hydroxyl groups excluding tert-OH is 1. The van der Waals surface area contributed by atoms with Crippen molar-refractivity contribution in [3.05, 3.63) is 0 Å². The van der Waals surface area contributed by atoms with E-state index in [-0.39, 0.29) is 24.8 Å². The monoisotopic (exact) mass is 285 g/mol. The third-order valence-corrected chi connectivity index (χ3v) is 3.80. The summed E-state index contributed by atoms with van der Waals surface area (Å²) in [6, 6.07) is -1.51. The molecule has 0 bridgehead atoms. The van der Waals surface area contributed by atoms with E-state index < -0.39 is 30.0 Å². The van der Waals surface area contributed by atoms with Crippen LogP contribution < -0.4 is 11.1 Å². The van der Waals surface area contributed by atoms with Gasteiger partial charge in [0, 0.05) is 19.9 Å². The quantitative estimate of drug-likeness (QED) is 0.600. The van der Waals surface area contributed by atoms with Crippen LogP contribution in [0, 0.1) is 5.92 Å². The van der Waals surface area contributed by atoms with E-state index in [1.807, 2.05) is 13.8 Å². The molecule has 7 nitrogen and oxygen atoms in total. The predicted molar refractivity (Wildman–Crippen MR) is 72.4 cm³/mol. The zero-order valence-corrected chi connectivity index (χ0v) is 12.1. The zero-order valence-electron chi connectivity index (χ0n) is 12.1. The lowest BCUT2D eigenvalue weighted by atomic mass is 9.98. The van der Waals surface area contributed by atoms with E-state index in [4.69, 9.17) is 5.73 Å². The highest BCUT2D eigenvalue weighted by molar-refractivity contribution is 5.91. The Morgan fingerprint density at radius 3 is 2.50 bits per heavy atom. The van der Waals surface area contributed by atoms with Gasteiger partial charge in [-0.1, -0.05) is 20.3 Å². The lowest BCUT2D eigenvalue weighted by Crippen LogP contribution is -2.54. The van der Waals surface area contributed by atoms with Crippen molar-refractivity contribution in [2.75, 3.05) is 6.54 Å². The molecular formula is C13H23N3O4. The second-order valence-electron chi connectivity index (χ2n) is 5.35. The van der Waals surface area contributed by atoms with Crippen LogP contribution in [0.1, 0.15) is 33.6 Å². The van der Waals surface area contributed by atoms with Gasteiger partial charge in [0.2, 0.25) is 17.7 Å². The van der Waals surface area contributed by atoms with Gasteiger partial charge in [0.05, 0.1) is 6.10 Å². The highest BCUT2D eigenvalue weighted by Crippen LogP contribution is 2.19. The van der Waals surface area contributed by atoms with Crippen LogP contribution in [0.3, 0.4) is 0 Å². The summed E-state index contributed by atoms with van der Waals surface area (Å²) in [5, 5.41) is 12.2. The first-order chi connectivity index (χ1) is 9.27. The number of amides is 3. The Hall–Kier alpha value is -1.63. The first kappa shape index (κ1) is 16.4. The van der Waals surface area contributed by atoms with Crippen LogP contribution in [-0.4, -0.2) is 52.5 Å². The van der Waals surface area contributed by atoms with Crippen LogP contribution in [0.15, 0.2) is 0 Å². The van der Waals surface area contributed by atoms with Gasteiger partial charge >= 0.3 is 0 Å². The fourth-order valence-corrected chi connectivity index (χ4v) is 2.39. The maximum Gasteiger partial charge on any atom is 0.243 e. The molecule has 0 aromatic heterocycles. The first-order valence-corrected chi connectivity index (χ1v) is 6.82. The molecule has 4 atom stereocenters. The number of nitrogens with one attached hydrogen (secondary N) is 1. The van der Waals surface area contributed by atoms with E-state index in [0.29, 0.717) is 6.42 Å². The smallest absolute Gasteiger partial charge is 0.243 e. The van der Waals surface area contributed by atoms with Crippen molar-refractivity contribution in [1.82, 2.24) is 10.2 Å². The molecule has 3 amide bonds. The van der Waals surface area contributed by atoms with Gasteiger partial charge < -0.3 is 21.1 Å². The lowest BCUT2D eigenvalue weighted by Gasteiger charge is -2.26. The van der Waals surface area contributed by atoms with E-state index in [0.717, 1.165) is 0 Å². The van der Waals surface area contributed by atoms with E-state index in [1.165, 1.54) is 11.8 Å². The van der Waals surface area contributed by atoms with Gasteiger partial charge in [0.25, 0.3) is 0 Å². The molecule has 0 spiro atoms. The van der Waals surface area contributed by atoms with Crippen LogP contribution in [0.2, 0.25) is 0 Å². The Kier molecular flexibility index (Phi) is 5.50. The maximum absolute atomic E-state index is 12.2. The highest BCUT2D eigenvalue weighted by atomic mass is 16.3. The second-order valence-corrected chi connectivity index (χ2v) is 5.35. The first-order valence-electron chi connectivity index (χ1n) is 6.82. The van der Waals surface area contributed by atoms with Crippen molar-refractivity contribution in [2.24, 2.45) is 11.7 Å². The average Bonchev–Trinajstić information content (AvgIpc) is 2.76. The summed E-state index contributed by atoms with van der Waals surface area (Å²) in [6.07, 6.45) is 0.153. The summed E-state index contributed by atoms with van der Waals surface area (Å²) in [5.41, 5.74) is 5.30. The molecule has 4 N–H and O–H groups in total. The van der Waals surface area contributed by atoms with Crippen molar-refractivity contribution >= 4 is 17.7 Å². The molecular weight excluding hydrogens is 262 g/mol. The van der Waals surface area contributed by atoms with Crippen LogP contribution in [0.4, 0.5) is 0 Å². The van der Waals surface area contributed by atoms with Crippen LogP contribution in [-0.2, 0) is 14.4 Å². The van der Waals surface area contributed by atoms with Gasteiger partial charge in [-0.3, -0.25) is 14.4 Å². The molecule has 114 valence electrons. The summed E-state index contributed by atoms with van der Waals surface area (Å²) in [4.78, 5) is 36.4. The van der Waals surface area contributed by atoms with Crippen molar-refractivity contribution < 1.29 is 19.5 Å². The normalized spacial score (nSPS) is 25.1. The molecule has 1 heterocycles. The SMILES string of the molecule is CC[C@H](C)[C@@H](NC(=O)[C@@H]1C[C@@H](O)CN1C(C)=O)C(N)=O. The standard InChI is InChI=1S/C13H23N3O4/c1-4-7(2)11(12(14)19)15-13(20)10-5-9(18)6-16(10)8(3)17/h7,9-11,18H,4-6H2,1-3H3,(H2,14,19)(H,15,20)/t7-,9+,10-,11+/m0/s1. The molecule has 1 saturated heterocycles. The summed E-state index contributed by atoms with van der Waals surface area (Å²) >= 11 is 0. The molecule has 20 heavy (non-hydrogen) atoms. The lowest BCUT2D eigenvalue weighted by molar-refractivity contribution is -0.138. The molecule has 0 unspecified atom stereocenters. The summed E-state index contributed by atoms with van der Waals surface area (Å²) in [5.74, 6) is -1.41. The number of nitrogens with zero attached hydrogens (tertiary/aromatic N) is 1. The van der Waals surface area contributed by atoms with Crippen molar-refractivity contribution in [2.45, 2.75) is 51.8 Å². The molecule has 0 aromatic rings. The number of nitrogens with two attached hydrogens (primary N) is 1. The molecule has 0 saturated carbocycles. The van der Waals surface area contributed by atoms with Crippen LogP contribution >= 0.6 is 0 Å². The predicted octanol–water partition coefficient (Wildman–Crippen LogP) is -1.02. The van der Waals surface area contributed by atoms with Crippen LogP contribution in [0.25, 0.3) is 0 Å². The largest absolute Gasteiger partial charge is 0.391 e. The maximum atomic E-state index is 12.2. The van der Waals surface area contributed by atoms with Crippen molar-refractivity contribution in [1.29, 1.82) is 0 Å². The van der Waals surface area contributed by atoms with Crippen LogP contribution in [0.5, 0.6) is 0 Å². The van der Waals surface area contributed by atoms with Gasteiger partial charge in [-0.25, -0.2) is 0 Å². The summed E-state index contributed by atoms with van der Waals surface area (Å²) in [6.45, 7) is 5.20. The Balaban J connectivity index is 2.78. The summed E-state index contributed by atoms with van der Waals surface area (Å²) < 4.78 is 0. The topological polar surface area (TPSA) is 113 Å². The fourth-order valence-electron chi connectivity index (χ4n) is 2.39. The van der Waals surface area contributed by atoms with E-state index in [2.05, 4.69) is 5.32 Å². The number of carbonyl (C=O) groups excluding carboxylic acids is 3. The average molecular weight is 285 g/mol. The third kappa shape index (κ3) is 3.69. The van der Waals surface area contributed by atoms with E-state index >= 15 is 0 Å². The molecule has 7 heteroatoms. The minimum absolute atomic E-state index is 0.0893. The molecule has 0 aliphatic carbocycles. The molecule has 1 aliphatic heterocycles. The fraction of sp³-hybridized carbons (Fsp3) is 0.769. The molecule has 1 fully saturated rings. The van der Waals surface area contributed by atoms with Gasteiger partial charge in [-0.2, -0.15) is 0 Å². The van der Waals surface area contributed by atoms with Gasteiger partial charge in [0.15, 0.2) is 0 Å². The minimum atomic E-state index is -0.765. The molecule has 1 aliphatic rings. The minimum Gasteiger partial charge on any atom is -0.391 e. The second kappa shape index (κ2) is 6.69. The van der Waals surface area contributed by atoms with E-state index in [1.54, 1.807) is 0 Å². The van der Waals surface area contributed by atoms with Gasteiger partial charge in [0.1, 0.15) is 12.1 Å². The molecule has 1 rings (SSSR count). The zero-order chi connectivity index (χ0) is 15.4. The number of aliphatic hydroxyl groups is 1. The Morgan fingerprint density at radius 2 is 2.05 bits per heavy atom. The summed E-state index contributed by atoms with van der Waals surface area (Å²) in [7, 11) is 0. The van der Waals surface area contributed by atoms with Crippen molar-refractivity contribution in [3.63, 3.8) is 0 Å². The van der Waals surface area contributed by atoms with Crippen molar-refractivity contribution in [3.8, 4) is 0 Å². The third-order valence-electron chi connectivity index (χ3n) is 3.80. The number of likely N-dealkylation sites (tertiary alicyclic amines) is 1. The number of β-amino-alcohol motifs (C(OH)–C–C–N with tert-alkyl or cyclic N) is 1. The van der Waals surface area contributed by atoms with Gasteiger partial charge in [-0.15, -0.1) is 0 Å². The Bertz CT molecular complexity index is 399. The van der Waals surface area contributed by atoms with E-state index in [9.17, 15) is 19.5 Å². The number of hydrogen-bond acceptors (Lipinski definition) is 4. The molecule has 0 aromatic carbocycles. The molecule has 0 radical (unpaired) electrons. The number of primary amides is 1. The number of hydrogen-bond donors (Lipinski definition) is 3. The number of carbonyl (C=O) groups is 3. The van der Waals surface area contributed by atoms with Gasteiger partial charge in [-0.05, 0) is 5.92 Å². The Morgan fingerprint density at radius 1 is 1.45 bits per heavy atom.